The zero-order chi connectivity index (χ0) is 37.2. The molecule has 274 valence electrons. The second-order valence-electron chi connectivity index (χ2n) is 13.9. The number of esters is 1. The summed E-state index contributed by atoms with van der Waals surface area (Å²) in [4.78, 5) is 42.6. The van der Waals surface area contributed by atoms with Gasteiger partial charge in [0.2, 0.25) is 5.91 Å². The second-order valence-corrected chi connectivity index (χ2v) is 13.9. The minimum atomic E-state index is -1.10. The van der Waals surface area contributed by atoms with Gasteiger partial charge in [-0.2, -0.15) is 0 Å². The van der Waals surface area contributed by atoms with E-state index in [1.165, 1.54) is 16.7 Å². The quantitative estimate of drug-likeness (QED) is 0.0775. The molecule has 0 aliphatic heterocycles. The number of carbonyl (C=O) groups is 2. The molecular formula is C42H53F2N3O4. The van der Waals surface area contributed by atoms with E-state index in [0.29, 0.717) is 29.5 Å². The highest BCUT2D eigenvalue weighted by Gasteiger charge is 2.33. The standard InChI is InChI=1S/C42H53F2N3O4/c1-8-11-12-13-15-30-22-33(43)20-28(5)40(30)32-23-34(29-16-17-29)41(44)35(24-32)36(25-39(49)51-10-3)45-42(50)37(14-9-2)47-26-31(18-19-46(6)7)27(4)21-38(47)48/h8-9,20-24,26,29,36-37H,1-2,10-19,25H2,3-7H3,(H,45,50)/t36-,37-/m0/s1. The number of pyridine rings is 1. The van der Waals surface area contributed by atoms with Crippen molar-refractivity contribution < 1.29 is 23.1 Å². The molecule has 0 bridgehead atoms. The number of nitrogens with zero attached hydrogens (tertiary/aromatic N) is 2. The van der Waals surface area contributed by atoms with Crippen molar-refractivity contribution in [2.75, 3.05) is 27.2 Å². The Bertz CT molecular complexity index is 1790. The number of halogens is 2. The summed E-state index contributed by atoms with van der Waals surface area (Å²) in [6, 6.07) is 5.97. The maximum atomic E-state index is 16.7. The molecule has 1 aliphatic rings. The molecule has 0 unspecified atom stereocenters. The number of likely N-dealkylation sites (N-methyl/N-ethyl adjacent to an activating group) is 1. The topological polar surface area (TPSA) is 80.6 Å². The van der Waals surface area contributed by atoms with Crippen molar-refractivity contribution in [1.82, 2.24) is 14.8 Å². The Balaban J connectivity index is 1.82. The van der Waals surface area contributed by atoms with Gasteiger partial charge in [0.05, 0.1) is 19.1 Å². The predicted molar refractivity (Wildman–Crippen MR) is 200 cm³/mol. The Morgan fingerprint density at radius 1 is 1.02 bits per heavy atom. The summed E-state index contributed by atoms with van der Waals surface area (Å²) in [7, 11) is 3.93. The summed E-state index contributed by atoms with van der Waals surface area (Å²) < 4.78 is 38.1. The lowest BCUT2D eigenvalue weighted by Crippen LogP contribution is -2.40. The largest absolute Gasteiger partial charge is 0.466 e. The Morgan fingerprint density at radius 3 is 2.41 bits per heavy atom. The molecule has 4 rings (SSSR count). The van der Waals surface area contributed by atoms with Gasteiger partial charge in [-0.3, -0.25) is 14.4 Å². The van der Waals surface area contributed by atoms with Gasteiger partial charge in [-0.05, 0) is 155 Å². The van der Waals surface area contributed by atoms with Crippen LogP contribution in [0.25, 0.3) is 11.1 Å². The Labute approximate surface area is 301 Å². The van der Waals surface area contributed by atoms with Gasteiger partial charge in [-0.15, -0.1) is 13.2 Å². The summed E-state index contributed by atoms with van der Waals surface area (Å²) in [6.45, 7) is 13.9. The number of ether oxygens (including phenoxy) is 1. The fourth-order valence-corrected chi connectivity index (χ4v) is 6.72. The van der Waals surface area contributed by atoms with Crippen LogP contribution in [0.2, 0.25) is 0 Å². The second kappa shape index (κ2) is 18.2. The first-order valence-electron chi connectivity index (χ1n) is 18.0. The number of hydrogen-bond donors (Lipinski definition) is 1. The van der Waals surface area contributed by atoms with Crippen LogP contribution < -0.4 is 10.9 Å². The fraction of sp³-hybridized carbons (Fsp3) is 0.452. The van der Waals surface area contributed by atoms with Crippen molar-refractivity contribution in [2.45, 2.75) is 96.6 Å². The van der Waals surface area contributed by atoms with Crippen LogP contribution in [0.1, 0.15) is 103 Å². The Kier molecular flexibility index (Phi) is 14.1. The van der Waals surface area contributed by atoms with E-state index in [2.05, 4.69) is 18.5 Å². The van der Waals surface area contributed by atoms with Crippen LogP contribution in [-0.2, 0) is 27.2 Å². The zero-order valence-corrected chi connectivity index (χ0v) is 30.8. The molecule has 3 aromatic rings. The number of benzene rings is 2. The van der Waals surface area contributed by atoms with E-state index in [1.807, 2.05) is 45.0 Å². The maximum Gasteiger partial charge on any atom is 0.308 e. The number of hydrogen-bond acceptors (Lipinski definition) is 5. The number of aromatic nitrogens is 1. The average molecular weight is 702 g/mol. The third-order valence-corrected chi connectivity index (χ3v) is 9.54. The van der Waals surface area contributed by atoms with E-state index < -0.39 is 29.8 Å². The van der Waals surface area contributed by atoms with Gasteiger partial charge in [0.15, 0.2) is 0 Å². The molecular weight excluding hydrogens is 648 g/mol. The van der Waals surface area contributed by atoms with Gasteiger partial charge in [-0.25, -0.2) is 8.78 Å². The monoisotopic (exact) mass is 701 g/mol. The summed E-state index contributed by atoms with van der Waals surface area (Å²) in [5.74, 6) is -1.97. The normalized spacial score (nSPS) is 13.9. The lowest BCUT2D eigenvalue weighted by atomic mass is 9.87. The van der Waals surface area contributed by atoms with Crippen LogP contribution in [0.5, 0.6) is 0 Å². The van der Waals surface area contributed by atoms with Crippen molar-refractivity contribution in [3.05, 3.63) is 117 Å². The summed E-state index contributed by atoms with van der Waals surface area (Å²) in [6.07, 6.45) is 10.5. The number of nitrogens with one attached hydrogen (secondary N) is 1. The maximum absolute atomic E-state index is 16.7. The molecule has 1 heterocycles. The van der Waals surface area contributed by atoms with Crippen LogP contribution in [0.15, 0.2) is 66.6 Å². The molecule has 1 fully saturated rings. The fourth-order valence-electron chi connectivity index (χ4n) is 6.72. The van der Waals surface area contributed by atoms with Crippen molar-refractivity contribution in [3.63, 3.8) is 0 Å². The van der Waals surface area contributed by atoms with Crippen molar-refractivity contribution in [1.29, 1.82) is 0 Å². The highest BCUT2D eigenvalue weighted by molar-refractivity contribution is 5.82. The zero-order valence-electron chi connectivity index (χ0n) is 30.8. The van der Waals surface area contributed by atoms with Crippen LogP contribution >= 0.6 is 0 Å². The van der Waals surface area contributed by atoms with Gasteiger partial charge in [-0.1, -0.05) is 12.2 Å². The summed E-state index contributed by atoms with van der Waals surface area (Å²) >= 11 is 0. The van der Waals surface area contributed by atoms with Crippen LogP contribution in [0.3, 0.4) is 0 Å². The van der Waals surface area contributed by atoms with E-state index in [0.717, 1.165) is 60.9 Å². The summed E-state index contributed by atoms with van der Waals surface area (Å²) in [5.41, 5.74) is 5.13. The summed E-state index contributed by atoms with van der Waals surface area (Å²) in [5, 5.41) is 2.95. The molecule has 1 aromatic heterocycles. The minimum Gasteiger partial charge on any atom is -0.466 e. The molecule has 0 radical (unpaired) electrons. The smallest absolute Gasteiger partial charge is 0.308 e. The molecule has 2 aromatic carbocycles. The van der Waals surface area contributed by atoms with Gasteiger partial charge in [0.1, 0.15) is 17.7 Å². The highest BCUT2D eigenvalue weighted by atomic mass is 19.1. The Morgan fingerprint density at radius 2 is 1.76 bits per heavy atom. The predicted octanol–water partition coefficient (Wildman–Crippen LogP) is 8.22. The van der Waals surface area contributed by atoms with E-state index in [9.17, 15) is 18.8 Å². The van der Waals surface area contributed by atoms with Crippen LogP contribution in [0, 0.1) is 25.5 Å². The molecule has 1 amide bonds. The molecule has 2 atom stereocenters. The van der Waals surface area contributed by atoms with Crippen molar-refractivity contribution in [3.8, 4) is 11.1 Å². The lowest BCUT2D eigenvalue weighted by Gasteiger charge is -2.26. The molecule has 51 heavy (non-hydrogen) atoms. The van der Waals surface area contributed by atoms with E-state index in [1.54, 1.807) is 31.3 Å². The molecule has 0 spiro atoms. The van der Waals surface area contributed by atoms with Crippen LogP contribution in [0.4, 0.5) is 8.78 Å². The van der Waals surface area contributed by atoms with Gasteiger partial charge in [0, 0.05) is 24.4 Å². The molecule has 7 nitrogen and oxygen atoms in total. The minimum absolute atomic E-state index is 0.000299. The van der Waals surface area contributed by atoms with E-state index >= 15 is 4.39 Å². The van der Waals surface area contributed by atoms with Crippen molar-refractivity contribution in [2.24, 2.45) is 0 Å². The van der Waals surface area contributed by atoms with E-state index in [-0.39, 0.29) is 42.3 Å². The SMILES string of the molecule is C=CCCCCc1cc(F)cc(C)c1-c1cc(C2CC2)c(F)c([C@H](CC(=O)OCC)NC(=O)[C@H](CC=C)n2cc(CCN(C)C)c(C)cc2=O)c1. The highest BCUT2D eigenvalue weighted by Crippen LogP contribution is 2.45. The lowest BCUT2D eigenvalue weighted by molar-refractivity contribution is -0.144. The van der Waals surface area contributed by atoms with Gasteiger partial charge in [0.25, 0.3) is 5.56 Å². The third kappa shape index (κ3) is 10.3. The first-order valence-corrected chi connectivity index (χ1v) is 18.0. The molecule has 9 heteroatoms. The number of allylic oxidation sites excluding steroid dienone is 2. The molecule has 1 aliphatic carbocycles. The first-order chi connectivity index (χ1) is 24.4. The van der Waals surface area contributed by atoms with Gasteiger partial charge >= 0.3 is 5.97 Å². The van der Waals surface area contributed by atoms with Crippen LogP contribution in [-0.4, -0.2) is 48.6 Å². The first kappa shape index (κ1) is 39.4. The number of amides is 1. The number of rotatable bonds is 19. The average Bonchev–Trinajstić information content (AvgIpc) is 3.91. The molecule has 1 saturated carbocycles. The number of unbranched alkanes of at least 4 members (excludes halogenated alkanes) is 2. The Hall–Kier alpha value is -4.37. The number of aryl methyl sites for hydroxylation is 3. The number of carbonyl (C=O) groups excluding carboxylic acids is 2. The third-order valence-electron chi connectivity index (χ3n) is 9.54. The van der Waals surface area contributed by atoms with Crippen molar-refractivity contribution >= 4 is 11.9 Å². The van der Waals surface area contributed by atoms with Gasteiger partial charge < -0.3 is 19.5 Å². The molecule has 1 N–H and O–H groups in total. The van der Waals surface area contributed by atoms with E-state index in [4.69, 9.17) is 4.74 Å². The molecule has 0 saturated heterocycles.